The molecule has 1 aliphatic heterocycles. The molecule has 2 aromatic rings. The van der Waals surface area contributed by atoms with Crippen LogP contribution in [0.25, 0.3) is 0 Å². The van der Waals surface area contributed by atoms with Crippen molar-refractivity contribution in [3.05, 3.63) is 30.5 Å². The van der Waals surface area contributed by atoms with Crippen LogP contribution >= 0.6 is 0 Å². The van der Waals surface area contributed by atoms with Crippen LogP contribution in [-0.4, -0.2) is 50.0 Å². The summed E-state index contributed by atoms with van der Waals surface area (Å²) in [7, 11) is 1.65. The van der Waals surface area contributed by atoms with E-state index in [0.717, 1.165) is 43.6 Å². The Bertz CT molecular complexity index is 837. The number of nitrogens with zero attached hydrogens (tertiary/aromatic N) is 2. The third kappa shape index (κ3) is 6.71. The Balaban J connectivity index is 1.31. The molecule has 2 heterocycles. The van der Waals surface area contributed by atoms with Gasteiger partial charge in [0.15, 0.2) is 11.5 Å². The van der Waals surface area contributed by atoms with Gasteiger partial charge in [0.05, 0.1) is 7.11 Å². The summed E-state index contributed by atoms with van der Waals surface area (Å²) in [4.78, 5) is 8.98. The van der Waals surface area contributed by atoms with Crippen molar-refractivity contribution in [3.8, 4) is 11.5 Å². The number of methoxy groups -OCH3 is 1. The zero-order valence-electron chi connectivity index (χ0n) is 19.0. The largest absolute Gasteiger partial charge is 0.493 e. The van der Waals surface area contributed by atoms with Gasteiger partial charge >= 0.3 is 0 Å². The highest BCUT2D eigenvalue weighted by Crippen LogP contribution is 2.31. The summed E-state index contributed by atoms with van der Waals surface area (Å²) < 4.78 is 11.4. The summed E-state index contributed by atoms with van der Waals surface area (Å²) in [5.41, 5.74) is 0.854. The van der Waals surface area contributed by atoms with Crippen molar-refractivity contribution in [1.82, 2.24) is 20.6 Å². The van der Waals surface area contributed by atoms with Gasteiger partial charge in [-0.05, 0) is 68.8 Å². The van der Waals surface area contributed by atoms with Crippen molar-refractivity contribution in [3.63, 3.8) is 0 Å². The minimum atomic E-state index is 0.461. The number of benzene rings is 1. The minimum Gasteiger partial charge on any atom is -0.493 e. The highest BCUT2D eigenvalue weighted by Gasteiger charge is 2.15. The Morgan fingerprint density at radius 1 is 1.00 bits per heavy atom. The Morgan fingerprint density at radius 2 is 1.81 bits per heavy atom. The SMILES string of the molecule is COc1ccc(Nc2nccc(NCC3CCNCC3)n2)cc1OCNCC1CCCC1. The van der Waals surface area contributed by atoms with E-state index < -0.39 is 0 Å². The van der Waals surface area contributed by atoms with E-state index in [-0.39, 0.29) is 0 Å². The number of ether oxygens (including phenoxy) is 2. The van der Waals surface area contributed by atoms with Gasteiger partial charge in [-0.2, -0.15) is 4.98 Å². The van der Waals surface area contributed by atoms with E-state index in [4.69, 9.17) is 9.47 Å². The summed E-state index contributed by atoms with van der Waals surface area (Å²) in [6.07, 6.45) is 9.52. The fourth-order valence-corrected chi connectivity index (χ4v) is 4.45. The molecule has 0 bridgehead atoms. The van der Waals surface area contributed by atoms with Crippen LogP contribution in [0.15, 0.2) is 30.5 Å². The molecule has 0 unspecified atom stereocenters. The first-order valence-corrected chi connectivity index (χ1v) is 11.9. The molecule has 8 heteroatoms. The quantitative estimate of drug-likeness (QED) is 0.310. The number of piperidine rings is 1. The zero-order chi connectivity index (χ0) is 22.0. The molecule has 2 fully saturated rings. The van der Waals surface area contributed by atoms with Gasteiger partial charge in [-0.3, -0.25) is 5.32 Å². The second kappa shape index (κ2) is 11.9. The summed E-state index contributed by atoms with van der Waals surface area (Å²) in [6, 6.07) is 7.67. The molecule has 0 amide bonds. The second-order valence-corrected chi connectivity index (χ2v) is 8.72. The van der Waals surface area contributed by atoms with Crippen LogP contribution in [0.4, 0.5) is 17.5 Å². The van der Waals surface area contributed by atoms with Crippen LogP contribution in [0.1, 0.15) is 38.5 Å². The number of hydrogen-bond acceptors (Lipinski definition) is 8. The van der Waals surface area contributed by atoms with Gasteiger partial charge in [0.25, 0.3) is 0 Å². The molecule has 174 valence electrons. The fraction of sp³-hybridized carbons (Fsp3) is 0.583. The van der Waals surface area contributed by atoms with E-state index in [2.05, 4.69) is 31.2 Å². The van der Waals surface area contributed by atoms with E-state index in [9.17, 15) is 0 Å². The predicted molar refractivity (Wildman–Crippen MR) is 128 cm³/mol. The topological polar surface area (TPSA) is 92.4 Å². The van der Waals surface area contributed by atoms with Crippen LogP contribution < -0.4 is 30.7 Å². The van der Waals surface area contributed by atoms with Gasteiger partial charge in [0.2, 0.25) is 5.95 Å². The van der Waals surface area contributed by atoms with Gasteiger partial charge in [0, 0.05) is 31.0 Å². The first-order chi connectivity index (χ1) is 15.8. The first-order valence-electron chi connectivity index (χ1n) is 11.9. The van der Waals surface area contributed by atoms with Crippen molar-refractivity contribution in [2.75, 3.05) is 50.7 Å². The lowest BCUT2D eigenvalue weighted by Gasteiger charge is -2.23. The van der Waals surface area contributed by atoms with Gasteiger partial charge in [-0.15, -0.1) is 0 Å². The van der Waals surface area contributed by atoms with Crippen LogP contribution in [0.5, 0.6) is 11.5 Å². The Hall–Kier alpha value is -2.58. The molecule has 8 nitrogen and oxygen atoms in total. The molecule has 1 saturated heterocycles. The third-order valence-electron chi connectivity index (χ3n) is 6.34. The van der Waals surface area contributed by atoms with E-state index >= 15 is 0 Å². The molecule has 0 radical (unpaired) electrons. The second-order valence-electron chi connectivity index (χ2n) is 8.72. The van der Waals surface area contributed by atoms with E-state index in [1.54, 1.807) is 13.3 Å². The van der Waals surface area contributed by atoms with Crippen molar-refractivity contribution >= 4 is 17.5 Å². The van der Waals surface area contributed by atoms with Crippen molar-refractivity contribution in [2.45, 2.75) is 38.5 Å². The zero-order valence-corrected chi connectivity index (χ0v) is 19.0. The van der Waals surface area contributed by atoms with Crippen molar-refractivity contribution in [1.29, 1.82) is 0 Å². The normalized spacial score (nSPS) is 17.3. The van der Waals surface area contributed by atoms with Gasteiger partial charge in [0.1, 0.15) is 12.5 Å². The minimum absolute atomic E-state index is 0.461. The molecule has 1 aliphatic carbocycles. The highest BCUT2D eigenvalue weighted by atomic mass is 16.5. The summed E-state index contributed by atoms with van der Waals surface area (Å²) in [5, 5.41) is 13.6. The molecular weight excluding hydrogens is 404 g/mol. The lowest BCUT2D eigenvalue weighted by Crippen LogP contribution is -2.31. The highest BCUT2D eigenvalue weighted by molar-refractivity contribution is 5.60. The van der Waals surface area contributed by atoms with Crippen LogP contribution in [0.2, 0.25) is 0 Å². The number of rotatable bonds is 11. The van der Waals surface area contributed by atoms with Crippen LogP contribution in [0, 0.1) is 11.8 Å². The molecule has 1 saturated carbocycles. The van der Waals surface area contributed by atoms with Crippen LogP contribution in [0.3, 0.4) is 0 Å². The monoisotopic (exact) mass is 440 g/mol. The van der Waals surface area contributed by atoms with Crippen molar-refractivity contribution in [2.24, 2.45) is 11.8 Å². The summed E-state index contributed by atoms with van der Waals surface area (Å²) in [6.45, 7) is 4.60. The standard InChI is InChI=1S/C24H36N6O2/c1-31-21-7-6-20(14-22(21)32-17-26-15-18-4-2-3-5-18)29-24-27-13-10-23(30-24)28-16-19-8-11-25-12-9-19/h6-7,10,13-14,18-19,25-26H,2-5,8-9,11-12,15-17H2,1H3,(H2,27,28,29,30). The molecule has 4 N–H and O–H groups in total. The molecule has 4 rings (SSSR count). The Labute approximate surface area is 190 Å². The number of nitrogens with one attached hydrogen (secondary N) is 4. The average Bonchev–Trinajstić information content (AvgIpc) is 3.35. The molecule has 0 spiro atoms. The maximum absolute atomic E-state index is 5.96. The number of anilines is 3. The third-order valence-corrected chi connectivity index (χ3v) is 6.34. The predicted octanol–water partition coefficient (Wildman–Crippen LogP) is 3.76. The summed E-state index contributed by atoms with van der Waals surface area (Å²) >= 11 is 0. The molecule has 0 atom stereocenters. The fourth-order valence-electron chi connectivity index (χ4n) is 4.45. The molecule has 1 aromatic carbocycles. The van der Waals surface area contributed by atoms with E-state index in [1.165, 1.54) is 38.5 Å². The molecule has 1 aromatic heterocycles. The van der Waals surface area contributed by atoms with E-state index in [1.807, 2.05) is 24.3 Å². The average molecular weight is 441 g/mol. The maximum Gasteiger partial charge on any atom is 0.229 e. The molecule has 2 aliphatic rings. The molecule has 32 heavy (non-hydrogen) atoms. The lowest BCUT2D eigenvalue weighted by molar-refractivity contribution is 0.258. The molecular formula is C24H36N6O2. The van der Waals surface area contributed by atoms with E-state index in [0.29, 0.717) is 30.1 Å². The van der Waals surface area contributed by atoms with Crippen LogP contribution in [-0.2, 0) is 0 Å². The number of aromatic nitrogens is 2. The van der Waals surface area contributed by atoms with Gasteiger partial charge < -0.3 is 25.4 Å². The van der Waals surface area contributed by atoms with Crippen molar-refractivity contribution < 1.29 is 9.47 Å². The van der Waals surface area contributed by atoms with Gasteiger partial charge in [-0.1, -0.05) is 12.8 Å². The smallest absolute Gasteiger partial charge is 0.229 e. The first kappa shape index (κ1) is 22.6. The Morgan fingerprint density at radius 3 is 2.62 bits per heavy atom. The number of hydrogen-bond donors (Lipinski definition) is 4. The van der Waals surface area contributed by atoms with Gasteiger partial charge in [-0.25, -0.2) is 4.98 Å². The maximum atomic E-state index is 5.96. The lowest BCUT2D eigenvalue weighted by atomic mass is 9.98. The summed E-state index contributed by atoms with van der Waals surface area (Å²) in [5.74, 6) is 4.25. The Kier molecular flexibility index (Phi) is 8.39.